The van der Waals surface area contributed by atoms with E-state index in [4.69, 9.17) is 4.74 Å². The highest BCUT2D eigenvalue weighted by molar-refractivity contribution is 4.93. The van der Waals surface area contributed by atoms with Crippen LogP contribution in [0.15, 0.2) is 0 Å². The molecule has 0 aromatic heterocycles. The van der Waals surface area contributed by atoms with Crippen LogP contribution in [0.3, 0.4) is 0 Å². The Bertz CT molecular complexity index is 222. The topological polar surface area (TPSA) is 41.5 Å². The fourth-order valence-electron chi connectivity index (χ4n) is 2.75. The van der Waals surface area contributed by atoms with Crippen molar-refractivity contribution >= 4 is 0 Å². The maximum atomic E-state index is 10.1. The lowest BCUT2D eigenvalue weighted by molar-refractivity contribution is 0.0220. The van der Waals surface area contributed by atoms with Gasteiger partial charge in [-0.3, -0.25) is 0 Å². The molecule has 15 heavy (non-hydrogen) atoms. The normalized spacial score (nSPS) is 39.8. The molecule has 88 valence electrons. The summed E-state index contributed by atoms with van der Waals surface area (Å²) in [7, 11) is 0. The van der Waals surface area contributed by atoms with Gasteiger partial charge in [-0.2, -0.15) is 0 Å². The molecule has 0 aromatic carbocycles. The van der Waals surface area contributed by atoms with Gasteiger partial charge >= 0.3 is 0 Å². The highest BCUT2D eigenvalue weighted by atomic mass is 16.5. The zero-order valence-electron chi connectivity index (χ0n) is 9.88. The standard InChI is InChI=1S/C12H23NO2/c1-11(2)5-3-4-10(11)13-8-12(14)6-7-15-9-12/h10,13-14H,3-9H2,1-2H3/t10-,12+/m0/s1. The van der Waals surface area contributed by atoms with Crippen LogP contribution in [0.5, 0.6) is 0 Å². The maximum Gasteiger partial charge on any atom is 0.102 e. The van der Waals surface area contributed by atoms with Crippen LogP contribution in [-0.2, 0) is 4.74 Å². The van der Waals surface area contributed by atoms with Crippen molar-refractivity contribution in [2.24, 2.45) is 5.41 Å². The number of nitrogens with one attached hydrogen (secondary N) is 1. The molecular formula is C12H23NO2. The van der Waals surface area contributed by atoms with E-state index in [9.17, 15) is 5.11 Å². The maximum absolute atomic E-state index is 10.1. The molecule has 0 amide bonds. The molecule has 3 heteroatoms. The Morgan fingerprint density at radius 3 is 2.73 bits per heavy atom. The molecule has 1 saturated heterocycles. The van der Waals surface area contributed by atoms with Gasteiger partial charge in [-0.1, -0.05) is 20.3 Å². The molecule has 2 N–H and O–H groups in total. The van der Waals surface area contributed by atoms with Crippen LogP contribution in [0.4, 0.5) is 0 Å². The van der Waals surface area contributed by atoms with Gasteiger partial charge in [0.2, 0.25) is 0 Å². The van der Waals surface area contributed by atoms with E-state index in [0.717, 1.165) is 6.42 Å². The van der Waals surface area contributed by atoms with Gasteiger partial charge in [-0.15, -0.1) is 0 Å². The van der Waals surface area contributed by atoms with Gasteiger partial charge in [0.1, 0.15) is 5.60 Å². The molecule has 0 aromatic rings. The Hall–Kier alpha value is -0.120. The van der Waals surface area contributed by atoms with Gasteiger partial charge < -0.3 is 15.2 Å². The summed E-state index contributed by atoms with van der Waals surface area (Å²) in [5.41, 5.74) is -0.228. The van der Waals surface area contributed by atoms with E-state index in [1.165, 1.54) is 19.3 Å². The van der Waals surface area contributed by atoms with Crippen molar-refractivity contribution < 1.29 is 9.84 Å². The lowest BCUT2D eigenvalue weighted by Crippen LogP contribution is -2.47. The van der Waals surface area contributed by atoms with Gasteiger partial charge in [0.25, 0.3) is 0 Å². The van der Waals surface area contributed by atoms with Crippen molar-refractivity contribution in [2.75, 3.05) is 19.8 Å². The van der Waals surface area contributed by atoms with Crippen molar-refractivity contribution in [3.05, 3.63) is 0 Å². The molecule has 2 rings (SSSR count). The van der Waals surface area contributed by atoms with E-state index in [2.05, 4.69) is 19.2 Å². The number of rotatable bonds is 3. The summed E-state index contributed by atoms with van der Waals surface area (Å²) >= 11 is 0. The fraction of sp³-hybridized carbons (Fsp3) is 1.00. The molecule has 2 aliphatic rings. The number of ether oxygens (including phenoxy) is 1. The zero-order chi connectivity index (χ0) is 10.9. The third kappa shape index (κ3) is 2.52. The predicted molar refractivity (Wildman–Crippen MR) is 59.8 cm³/mol. The SMILES string of the molecule is CC1(C)CCC[C@@H]1NC[C@]1(O)CCOC1. The van der Waals surface area contributed by atoms with Crippen molar-refractivity contribution in [1.82, 2.24) is 5.32 Å². The Balaban J connectivity index is 1.82. The molecule has 3 nitrogen and oxygen atoms in total. The fourth-order valence-corrected chi connectivity index (χ4v) is 2.75. The Morgan fingerprint density at radius 2 is 2.20 bits per heavy atom. The summed E-state index contributed by atoms with van der Waals surface area (Å²) in [6.45, 7) is 6.50. The third-order valence-corrected chi connectivity index (χ3v) is 4.02. The van der Waals surface area contributed by atoms with E-state index in [1.54, 1.807) is 0 Å². The van der Waals surface area contributed by atoms with Crippen LogP contribution < -0.4 is 5.32 Å². The van der Waals surface area contributed by atoms with Crippen LogP contribution in [0, 0.1) is 5.41 Å². The molecule has 0 unspecified atom stereocenters. The van der Waals surface area contributed by atoms with Gasteiger partial charge in [-0.25, -0.2) is 0 Å². The van der Waals surface area contributed by atoms with Crippen molar-refractivity contribution in [3.8, 4) is 0 Å². The van der Waals surface area contributed by atoms with E-state index in [0.29, 0.717) is 31.2 Å². The Kier molecular flexibility index (Phi) is 3.06. The van der Waals surface area contributed by atoms with Gasteiger partial charge in [0.05, 0.1) is 6.61 Å². The van der Waals surface area contributed by atoms with Gasteiger partial charge in [0, 0.05) is 25.6 Å². The summed E-state index contributed by atoms with van der Waals surface area (Å²) in [6.07, 6.45) is 4.61. The molecule has 1 heterocycles. The molecule has 0 spiro atoms. The van der Waals surface area contributed by atoms with Crippen LogP contribution >= 0.6 is 0 Å². The van der Waals surface area contributed by atoms with E-state index in [1.807, 2.05) is 0 Å². The molecule has 2 atom stereocenters. The van der Waals surface area contributed by atoms with Crippen LogP contribution in [-0.4, -0.2) is 36.5 Å². The Morgan fingerprint density at radius 1 is 1.40 bits per heavy atom. The first-order valence-electron chi connectivity index (χ1n) is 6.05. The second-order valence-corrected chi connectivity index (χ2v) is 5.84. The van der Waals surface area contributed by atoms with E-state index < -0.39 is 5.60 Å². The third-order valence-electron chi connectivity index (χ3n) is 4.02. The number of hydrogen-bond donors (Lipinski definition) is 2. The van der Waals surface area contributed by atoms with Crippen LogP contribution in [0.1, 0.15) is 39.5 Å². The first kappa shape index (κ1) is 11.4. The van der Waals surface area contributed by atoms with E-state index >= 15 is 0 Å². The minimum atomic E-state index is -0.612. The van der Waals surface area contributed by atoms with Crippen LogP contribution in [0.2, 0.25) is 0 Å². The summed E-state index contributed by atoms with van der Waals surface area (Å²) in [5, 5.41) is 13.7. The quantitative estimate of drug-likeness (QED) is 0.742. The highest BCUT2D eigenvalue weighted by Crippen LogP contribution is 2.37. The van der Waals surface area contributed by atoms with Gasteiger partial charge in [0.15, 0.2) is 0 Å². The highest BCUT2D eigenvalue weighted by Gasteiger charge is 2.37. The smallest absolute Gasteiger partial charge is 0.102 e. The molecule has 0 bridgehead atoms. The summed E-state index contributed by atoms with van der Waals surface area (Å²) < 4.78 is 5.24. The zero-order valence-corrected chi connectivity index (χ0v) is 9.88. The largest absolute Gasteiger partial charge is 0.386 e. The molecule has 1 aliphatic heterocycles. The second kappa shape index (κ2) is 4.04. The average Bonchev–Trinajstić information content (AvgIpc) is 2.70. The summed E-state index contributed by atoms with van der Waals surface area (Å²) in [6, 6.07) is 0.558. The lowest BCUT2D eigenvalue weighted by atomic mass is 9.87. The van der Waals surface area contributed by atoms with Gasteiger partial charge in [-0.05, 0) is 18.3 Å². The van der Waals surface area contributed by atoms with Crippen molar-refractivity contribution in [1.29, 1.82) is 0 Å². The summed E-state index contributed by atoms with van der Waals surface area (Å²) in [5.74, 6) is 0. The first-order chi connectivity index (χ1) is 7.02. The van der Waals surface area contributed by atoms with Crippen molar-refractivity contribution in [2.45, 2.75) is 51.2 Å². The van der Waals surface area contributed by atoms with Crippen LogP contribution in [0.25, 0.3) is 0 Å². The number of aliphatic hydroxyl groups is 1. The molecule has 2 fully saturated rings. The Labute approximate surface area is 92.2 Å². The monoisotopic (exact) mass is 213 g/mol. The first-order valence-corrected chi connectivity index (χ1v) is 6.05. The van der Waals surface area contributed by atoms with E-state index in [-0.39, 0.29) is 0 Å². The minimum Gasteiger partial charge on any atom is -0.386 e. The lowest BCUT2D eigenvalue weighted by Gasteiger charge is -2.31. The summed E-state index contributed by atoms with van der Waals surface area (Å²) in [4.78, 5) is 0. The minimum absolute atomic E-state index is 0.385. The molecule has 1 aliphatic carbocycles. The second-order valence-electron chi connectivity index (χ2n) is 5.84. The predicted octanol–water partition coefficient (Wildman–Crippen LogP) is 1.31. The number of hydrogen-bond acceptors (Lipinski definition) is 3. The molecule has 1 saturated carbocycles. The average molecular weight is 213 g/mol. The molecular weight excluding hydrogens is 190 g/mol. The molecule has 0 radical (unpaired) electrons. The van der Waals surface area contributed by atoms with Crippen molar-refractivity contribution in [3.63, 3.8) is 0 Å².